The Bertz CT molecular complexity index is 792. The zero-order chi connectivity index (χ0) is 17.8. The molecule has 2 N–H and O–H groups in total. The number of hydrogen-bond donors (Lipinski definition) is 2. The molecule has 0 aliphatic heterocycles. The van der Waals surface area contributed by atoms with Crippen LogP contribution < -0.4 is 10.1 Å². The third-order valence-corrected chi connectivity index (χ3v) is 4.50. The van der Waals surface area contributed by atoms with Gasteiger partial charge in [0.2, 0.25) is 5.91 Å². The molecule has 130 valence electrons. The molecule has 0 bridgehead atoms. The quantitative estimate of drug-likeness (QED) is 0.795. The zero-order valence-corrected chi connectivity index (χ0v) is 14.2. The first kappa shape index (κ1) is 17.3. The van der Waals surface area contributed by atoms with Crippen molar-refractivity contribution in [2.45, 2.75) is 18.9 Å². The molecule has 1 fully saturated rings. The number of rotatable bonds is 7. The van der Waals surface area contributed by atoms with Crippen molar-refractivity contribution in [2.75, 3.05) is 6.61 Å². The van der Waals surface area contributed by atoms with Gasteiger partial charge in [0.05, 0.1) is 0 Å². The van der Waals surface area contributed by atoms with Crippen molar-refractivity contribution in [2.24, 2.45) is 5.92 Å². The van der Waals surface area contributed by atoms with Crippen LogP contribution in [0.2, 0.25) is 5.02 Å². The van der Waals surface area contributed by atoms with E-state index < -0.39 is 12.6 Å². The molecule has 1 saturated carbocycles. The molecule has 1 aliphatic rings. The van der Waals surface area contributed by atoms with Gasteiger partial charge in [0.15, 0.2) is 6.61 Å². The molecule has 6 heteroatoms. The number of carboxylic acid groups (broad SMARTS) is 1. The van der Waals surface area contributed by atoms with E-state index >= 15 is 0 Å². The van der Waals surface area contributed by atoms with Crippen LogP contribution in [-0.4, -0.2) is 23.6 Å². The molecule has 0 radical (unpaired) electrons. The lowest BCUT2D eigenvalue weighted by Gasteiger charge is -2.08. The van der Waals surface area contributed by atoms with Gasteiger partial charge in [-0.15, -0.1) is 0 Å². The van der Waals surface area contributed by atoms with E-state index in [-0.39, 0.29) is 17.7 Å². The lowest BCUT2D eigenvalue weighted by atomic mass is 10.1. The highest BCUT2D eigenvalue weighted by Crippen LogP contribution is 2.49. The number of halogens is 1. The summed E-state index contributed by atoms with van der Waals surface area (Å²) in [6.07, 6.45) is 0.803. The maximum atomic E-state index is 12.3. The summed E-state index contributed by atoms with van der Waals surface area (Å²) in [5, 5.41) is 12.3. The normalized spacial score (nSPS) is 18.4. The molecule has 1 aliphatic carbocycles. The summed E-state index contributed by atoms with van der Waals surface area (Å²) in [6, 6.07) is 14.6. The number of carbonyl (C=O) groups is 2. The Morgan fingerprint density at radius 1 is 1.20 bits per heavy atom. The van der Waals surface area contributed by atoms with Gasteiger partial charge in [0.25, 0.3) is 0 Å². The second kappa shape index (κ2) is 7.57. The average molecular weight is 360 g/mol. The highest BCUT2D eigenvalue weighted by molar-refractivity contribution is 6.31. The van der Waals surface area contributed by atoms with Crippen LogP contribution in [0, 0.1) is 5.92 Å². The van der Waals surface area contributed by atoms with Gasteiger partial charge in [0, 0.05) is 17.5 Å². The van der Waals surface area contributed by atoms with Gasteiger partial charge < -0.3 is 15.2 Å². The third-order valence-electron chi connectivity index (χ3n) is 4.16. The highest BCUT2D eigenvalue weighted by atomic mass is 35.5. The largest absolute Gasteiger partial charge is 0.482 e. The number of nitrogens with one attached hydrogen (secondary N) is 1. The minimum Gasteiger partial charge on any atom is -0.482 e. The first-order chi connectivity index (χ1) is 12.0. The molecule has 0 saturated heterocycles. The monoisotopic (exact) mass is 359 g/mol. The lowest BCUT2D eigenvalue weighted by molar-refractivity contribution is -0.139. The Morgan fingerprint density at radius 2 is 2.00 bits per heavy atom. The third kappa shape index (κ3) is 4.51. The minimum atomic E-state index is -1.03. The maximum absolute atomic E-state index is 12.3. The van der Waals surface area contributed by atoms with Gasteiger partial charge in [-0.1, -0.05) is 41.9 Å². The Morgan fingerprint density at radius 3 is 2.76 bits per heavy atom. The molecular weight excluding hydrogens is 342 g/mol. The highest BCUT2D eigenvalue weighted by Gasteiger charge is 2.44. The molecule has 0 aromatic heterocycles. The molecule has 5 nitrogen and oxygen atoms in total. The summed E-state index contributed by atoms with van der Waals surface area (Å²) in [5.41, 5.74) is 1.87. The van der Waals surface area contributed by atoms with Crippen LogP contribution in [0.4, 0.5) is 0 Å². The van der Waals surface area contributed by atoms with Crippen molar-refractivity contribution in [3.8, 4) is 5.75 Å². The van der Waals surface area contributed by atoms with E-state index in [1.807, 2.05) is 30.3 Å². The van der Waals surface area contributed by atoms with Gasteiger partial charge in [-0.25, -0.2) is 4.79 Å². The number of aliphatic carboxylic acids is 1. The maximum Gasteiger partial charge on any atom is 0.341 e. The fraction of sp³-hybridized carbons (Fsp3) is 0.263. The van der Waals surface area contributed by atoms with E-state index in [4.69, 9.17) is 21.4 Å². The molecule has 3 rings (SSSR count). The molecule has 2 unspecified atom stereocenters. The Hall–Kier alpha value is -2.53. The van der Waals surface area contributed by atoms with Gasteiger partial charge >= 0.3 is 5.97 Å². The average Bonchev–Trinajstić information content (AvgIpc) is 3.39. The van der Waals surface area contributed by atoms with Crippen molar-refractivity contribution in [1.82, 2.24) is 5.32 Å². The number of ether oxygens (including phenoxy) is 1. The number of hydrogen-bond acceptors (Lipinski definition) is 3. The van der Waals surface area contributed by atoms with E-state index in [1.54, 1.807) is 18.2 Å². The van der Waals surface area contributed by atoms with Crippen molar-refractivity contribution in [1.29, 1.82) is 0 Å². The SMILES string of the molecule is O=C(O)COc1cccc(CNC(=O)C2CC2c2ccccc2Cl)c1. The fourth-order valence-corrected chi connectivity index (χ4v) is 3.09. The molecule has 2 aromatic carbocycles. The smallest absolute Gasteiger partial charge is 0.341 e. The summed E-state index contributed by atoms with van der Waals surface area (Å²) in [6.45, 7) is -0.0216. The summed E-state index contributed by atoms with van der Waals surface area (Å²) >= 11 is 6.18. The summed E-state index contributed by atoms with van der Waals surface area (Å²) in [4.78, 5) is 22.8. The first-order valence-electron chi connectivity index (χ1n) is 8.00. The van der Waals surface area contributed by atoms with Crippen LogP contribution in [0.15, 0.2) is 48.5 Å². The van der Waals surface area contributed by atoms with Crippen molar-refractivity contribution < 1.29 is 19.4 Å². The van der Waals surface area contributed by atoms with Crippen molar-refractivity contribution >= 4 is 23.5 Å². The fourth-order valence-electron chi connectivity index (χ4n) is 2.81. The van der Waals surface area contributed by atoms with Crippen LogP contribution in [0.25, 0.3) is 0 Å². The van der Waals surface area contributed by atoms with E-state index in [0.717, 1.165) is 17.5 Å². The Balaban J connectivity index is 1.53. The van der Waals surface area contributed by atoms with Gasteiger partial charge in [-0.2, -0.15) is 0 Å². The topological polar surface area (TPSA) is 75.6 Å². The van der Waals surface area contributed by atoms with Crippen LogP contribution >= 0.6 is 11.6 Å². The zero-order valence-electron chi connectivity index (χ0n) is 13.4. The van der Waals surface area contributed by atoms with Crippen LogP contribution in [0.5, 0.6) is 5.75 Å². The summed E-state index contributed by atoms with van der Waals surface area (Å²) in [5.74, 6) is -0.431. The standard InChI is InChI=1S/C19H18ClNO4/c20-17-7-2-1-6-14(17)15-9-16(15)19(24)21-10-12-4-3-5-13(8-12)25-11-18(22)23/h1-8,15-16H,9-11H2,(H,21,24)(H,22,23). The lowest BCUT2D eigenvalue weighted by Crippen LogP contribution is -2.24. The van der Waals surface area contributed by atoms with Crippen LogP contribution in [0.1, 0.15) is 23.5 Å². The van der Waals surface area contributed by atoms with E-state index in [2.05, 4.69) is 5.32 Å². The summed E-state index contributed by atoms with van der Waals surface area (Å²) < 4.78 is 5.14. The van der Waals surface area contributed by atoms with Crippen LogP contribution in [0.3, 0.4) is 0 Å². The van der Waals surface area contributed by atoms with Crippen LogP contribution in [-0.2, 0) is 16.1 Å². The minimum absolute atomic E-state index is 0.00165. The number of amides is 1. The number of benzene rings is 2. The molecule has 0 heterocycles. The summed E-state index contributed by atoms with van der Waals surface area (Å²) in [7, 11) is 0. The van der Waals surface area contributed by atoms with Gasteiger partial charge in [0.1, 0.15) is 5.75 Å². The number of carboxylic acids is 1. The molecule has 2 atom stereocenters. The van der Waals surface area contributed by atoms with Gasteiger partial charge in [-0.3, -0.25) is 4.79 Å². The Kier molecular flexibility index (Phi) is 5.24. The molecule has 1 amide bonds. The van der Waals surface area contributed by atoms with Crippen molar-refractivity contribution in [3.63, 3.8) is 0 Å². The predicted molar refractivity (Wildman–Crippen MR) is 93.7 cm³/mol. The van der Waals surface area contributed by atoms with E-state index in [0.29, 0.717) is 17.3 Å². The number of carbonyl (C=O) groups excluding carboxylic acids is 1. The van der Waals surface area contributed by atoms with E-state index in [1.165, 1.54) is 0 Å². The second-order valence-electron chi connectivity index (χ2n) is 6.02. The van der Waals surface area contributed by atoms with Gasteiger partial charge in [-0.05, 0) is 41.7 Å². The van der Waals surface area contributed by atoms with E-state index in [9.17, 15) is 9.59 Å². The first-order valence-corrected chi connectivity index (χ1v) is 8.38. The molecule has 0 spiro atoms. The molecule has 25 heavy (non-hydrogen) atoms. The second-order valence-corrected chi connectivity index (χ2v) is 6.43. The van der Waals surface area contributed by atoms with Crippen molar-refractivity contribution in [3.05, 3.63) is 64.7 Å². The molecular formula is C19H18ClNO4. The predicted octanol–water partition coefficient (Wildman–Crippen LogP) is 3.22. The Labute approximate surface area is 150 Å². The molecule has 2 aromatic rings.